The minimum atomic E-state index is -4.79. The van der Waals surface area contributed by atoms with Crippen molar-refractivity contribution in [1.29, 1.82) is 0 Å². The Morgan fingerprint density at radius 1 is 1.08 bits per heavy atom. The maximum Gasteiger partial charge on any atom is 0.433 e. The Morgan fingerprint density at radius 3 is 2.57 bits per heavy atom. The Balaban J connectivity index is 1.65. The van der Waals surface area contributed by atoms with Crippen LogP contribution in [0.1, 0.15) is 16.1 Å². The third kappa shape index (κ3) is 4.29. The molecule has 0 atom stereocenters. The number of nitrogens with zero attached hydrogens (tertiary/aromatic N) is 4. The molecule has 1 N–H and O–H groups in total. The second kappa shape index (κ2) is 8.90. The number of nitro benzene ring substituents is 1. The number of hydrogen-bond acceptors (Lipinski definition) is 6. The van der Waals surface area contributed by atoms with E-state index in [9.17, 15) is 28.1 Å². The number of non-ortho nitro benzene ring substituents is 1. The molecule has 0 unspecified atom stereocenters. The number of hydrogen-bond donors (Lipinski definition) is 1. The van der Waals surface area contributed by atoms with Crippen molar-refractivity contribution in [3.8, 4) is 17.0 Å². The van der Waals surface area contributed by atoms with Crippen LogP contribution in [0.15, 0.2) is 72.9 Å². The molecule has 0 fully saturated rings. The molecule has 1 amide bonds. The zero-order chi connectivity index (χ0) is 26.3. The fourth-order valence-electron chi connectivity index (χ4n) is 4.00. The van der Waals surface area contributed by atoms with E-state index in [0.29, 0.717) is 15.5 Å². The molecule has 0 bridgehead atoms. The van der Waals surface area contributed by atoms with Gasteiger partial charge in [-0.05, 0) is 22.9 Å². The molecule has 0 saturated heterocycles. The highest BCUT2D eigenvalue weighted by Crippen LogP contribution is 2.35. The first-order valence-electron chi connectivity index (χ1n) is 10.8. The van der Waals surface area contributed by atoms with Gasteiger partial charge in [-0.15, -0.1) is 0 Å². The van der Waals surface area contributed by atoms with Gasteiger partial charge in [-0.1, -0.05) is 42.5 Å². The molecule has 0 aliphatic carbocycles. The Kier molecular flexibility index (Phi) is 5.71. The summed E-state index contributed by atoms with van der Waals surface area (Å²) in [5, 5.41) is 18.8. The summed E-state index contributed by atoms with van der Waals surface area (Å²) in [6, 6.07) is 16.8. The lowest BCUT2D eigenvalue weighted by molar-refractivity contribution is -0.384. The Bertz CT molecular complexity index is 1690. The summed E-state index contributed by atoms with van der Waals surface area (Å²) < 4.78 is 47.8. The molecule has 12 heteroatoms. The fourth-order valence-corrected chi connectivity index (χ4v) is 4.00. The highest BCUT2D eigenvalue weighted by atomic mass is 19.4. The predicted octanol–water partition coefficient (Wildman–Crippen LogP) is 5.74. The molecular formula is C25H16F3N5O4. The van der Waals surface area contributed by atoms with Crippen molar-refractivity contribution in [2.75, 3.05) is 12.4 Å². The molecule has 2 heterocycles. The van der Waals surface area contributed by atoms with Gasteiger partial charge in [0.05, 0.1) is 35.7 Å². The van der Waals surface area contributed by atoms with Gasteiger partial charge in [0.15, 0.2) is 11.3 Å². The number of halogens is 3. The van der Waals surface area contributed by atoms with Gasteiger partial charge in [-0.25, -0.2) is 9.50 Å². The summed E-state index contributed by atoms with van der Waals surface area (Å²) in [6.07, 6.45) is -3.81. The number of amides is 1. The summed E-state index contributed by atoms with van der Waals surface area (Å²) in [4.78, 5) is 27.9. The topological polar surface area (TPSA) is 112 Å². The van der Waals surface area contributed by atoms with E-state index in [1.807, 2.05) is 18.2 Å². The van der Waals surface area contributed by atoms with Gasteiger partial charge in [0.25, 0.3) is 11.6 Å². The lowest BCUT2D eigenvalue weighted by Crippen LogP contribution is -2.16. The van der Waals surface area contributed by atoms with Gasteiger partial charge in [-0.3, -0.25) is 14.9 Å². The van der Waals surface area contributed by atoms with Gasteiger partial charge in [0.2, 0.25) is 0 Å². The highest BCUT2D eigenvalue weighted by molar-refractivity contribution is 6.09. The van der Waals surface area contributed by atoms with E-state index in [2.05, 4.69) is 15.4 Å². The van der Waals surface area contributed by atoms with Crippen LogP contribution in [0.25, 0.3) is 27.7 Å². The maximum absolute atomic E-state index is 14.0. The summed E-state index contributed by atoms with van der Waals surface area (Å²) >= 11 is 0. The van der Waals surface area contributed by atoms with Gasteiger partial charge in [0.1, 0.15) is 11.3 Å². The second-order valence-electron chi connectivity index (χ2n) is 7.94. The van der Waals surface area contributed by atoms with E-state index >= 15 is 0 Å². The minimum Gasteiger partial charge on any atom is -0.494 e. The van der Waals surface area contributed by atoms with Crippen LogP contribution in [0, 0.1) is 10.1 Å². The highest BCUT2D eigenvalue weighted by Gasteiger charge is 2.36. The molecule has 0 saturated carbocycles. The van der Waals surface area contributed by atoms with E-state index in [4.69, 9.17) is 4.74 Å². The number of anilines is 1. The first-order chi connectivity index (χ1) is 17.7. The lowest BCUT2D eigenvalue weighted by Gasteiger charge is -2.13. The van der Waals surface area contributed by atoms with Gasteiger partial charge in [-0.2, -0.15) is 18.3 Å². The molecule has 5 rings (SSSR count). The molecule has 0 aliphatic heterocycles. The second-order valence-corrected chi connectivity index (χ2v) is 7.94. The number of alkyl halides is 3. The number of carbonyl (C=O) groups excluding carboxylic acids is 1. The van der Waals surface area contributed by atoms with E-state index in [1.165, 1.54) is 13.2 Å². The van der Waals surface area contributed by atoms with Crippen LogP contribution in [0.5, 0.6) is 5.75 Å². The standard InChI is InChI=1S/C25H16F3N5O4/c1-37-21-11-15(33(35)36)9-10-19(21)31-24(34)18-13-29-32-22(25(26,27)28)12-20(30-23(18)32)17-8-4-6-14-5-2-3-7-16(14)17/h2-13H,1H3,(H,31,34). The van der Waals surface area contributed by atoms with Crippen molar-refractivity contribution in [3.05, 3.63) is 94.3 Å². The quantitative estimate of drug-likeness (QED) is 0.240. The monoisotopic (exact) mass is 507 g/mol. The number of aromatic nitrogens is 3. The third-order valence-electron chi connectivity index (χ3n) is 5.72. The van der Waals surface area contributed by atoms with Crippen LogP contribution in [0.3, 0.4) is 0 Å². The van der Waals surface area contributed by atoms with Crippen molar-refractivity contribution < 1.29 is 27.6 Å². The zero-order valence-corrected chi connectivity index (χ0v) is 19.0. The first-order valence-corrected chi connectivity index (χ1v) is 10.8. The number of carbonyl (C=O) groups is 1. The number of methoxy groups -OCH3 is 1. The van der Waals surface area contributed by atoms with Gasteiger partial charge >= 0.3 is 6.18 Å². The molecule has 0 radical (unpaired) electrons. The molecule has 37 heavy (non-hydrogen) atoms. The van der Waals surface area contributed by atoms with Crippen molar-refractivity contribution in [2.24, 2.45) is 0 Å². The molecular weight excluding hydrogens is 491 g/mol. The van der Waals surface area contributed by atoms with E-state index in [0.717, 1.165) is 29.8 Å². The van der Waals surface area contributed by atoms with Crippen LogP contribution in [0.4, 0.5) is 24.5 Å². The van der Waals surface area contributed by atoms with Crippen molar-refractivity contribution >= 4 is 33.7 Å². The summed E-state index contributed by atoms with van der Waals surface area (Å²) in [6.45, 7) is 0. The number of ether oxygens (including phenoxy) is 1. The van der Waals surface area contributed by atoms with Crippen LogP contribution in [-0.4, -0.2) is 32.5 Å². The van der Waals surface area contributed by atoms with Crippen LogP contribution < -0.4 is 10.1 Å². The largest absolute Gasteiger partial charge is 0.494 e. The lowest BCUT2D eigenvalue weighted by atomic mass is 10.0. The number of nitro groups is 1. The number of benzene rings is 3. The SMILES string of the molecule is COc1cc([N+](=O)[O-])ccc1NC(=O)c1cnn2c(C(F)(F)F)cc(-c3cccc4ccccc34)nc12. The summed E-state index contributed by atoms with van der Waals surface area (Å²) in [5.74, 6) is -0.822. The molecule has 3 aromatic carbocycles. The molecule has 2 aromatic heterocycles. The maximum atomic E-state index is 14.0. The van der Waals surface area contributed by atoms with E-state index < -0.39 is 22.7 Å². The molecule has 9 nitrogen and oxygen atoms in total. The molecule has 186 valence electrons. The minimum absolute atomic E-state index is 0.000548. The Labute approximate surface area is 206 Å². The Morgan fingerprint density at radius 2 is 1.84 bits per heavy atom. The van der Waals surface area contributed by atoms with Crippen LogP contribution >= 0.6 is 0 Å². The summed E-state index contributed by atoms with van der Waals surface area (Å²) in [5.41, 5.74) is -1.35. The van der Waals surface area contributed by atoms with E-state index in [-0.39, 0.29) is 34.0 Å². The van der Waals surface area contributed by atoms with Crippen LogP contribution in [-0.2, 0) is 6.18 Å². The Hall–Kier alpha value is -5.00. The average molecular weight is 507 g/mol. The van der Waals surface area contributed by atoms with E-state index in [1.54, 1.807) is 24.3 Å². The molecule has 5 aromatic rings. The predicted molar refractivity (Wildman–Crippen MR) is 129 cm³/mol. The van der Waals surface area contributed by atoms with Crippen molar-refractivity contribution in [2.45, 2.75) is 6.18 Å². The van der Waals surface area contributed by atoms with Crippen molar-refractivity contribution in [3.63, 3.8) is 0 Å². The molecule has 0 spiro atoms. The third-order valence-corrected chi connectivity index (χ3v) is 5.72. The average Bonchev–Trinajstić information content (AvgIpc) is 3.31. The molecule has 0 aliphatic rings. The van der Waals surface area contributed by atoms with Crippen molar-refractivity contribution in [1.82, 2.24) is 14.6 Å². The number of nitrogens with one attached hydrogen (secondary N) is 1. The first kappa shape index (κ1) is 23.7. The number of rotatable bonds is 5. The van der Waals surface area contributed by atoms with Crippen LogP contribution in [0.2, 0.25) is 0 Å². The smallest absolute Gasteiger partial charge is 0.433 e. The number of fused-ring (bicyclic) bond motifs is 2. The normalized spacial score (nSPS) is 11.6. The summed E-state index contributed by atoms with van der Waals surface area (Å²) in [7, 11) is 1.26. The van der Waals surface area contributed by atoms with Gasteiger partial charge < -0.3 is 10.1 Å². The van der Waals surface area contributed by atoms with Gasteiger partial charge in [0, 0.05) is 11.6 Å². The zero-order valence-electron chi connectivity index (χ0n) is 19.0. The fraction of sp³-hybridized carbons (Fsp3) is 0.0800.